The van der Waals surface area contributed by atoms with Gasteiger partial charge in [-0.05, 0) is 54.0 Å². The van der Waals surface area contributed by atoms with Crippen LogP contribution in [-0.2, 0) is 6.42 Å². The van der Waals surface area contributed by atoms with Gasteiger partial charge >= 0.3 is 0 Å². The lowest BCUT2D eigenvalue weighted by Crippen LogP contribution is -2.42. The maximum atomic E-state index is 13.6. The molecule has 0 bridgehead atoms. The molecule has 2 rings (SSSR count). The van der Waals surface area contributed by atoms with Crippen molar-refractivity contribution in [1.82, 2.24) is 5.43 Å². The normalized spacial score (nSPS) is 21.7. The smallest absolute Gasteiger partial charge is 0.126 e. The molecule has 3 N–H and O–H groups in total. The number of hydrogen-bond donors (Lipinski definition) is 2. The summed E-state index contributed by atoms with van der Waals surface area (Å²) >= 11 is 7.81. The van der Waals surface area contributed by atoms with Crippen LogP contribution in [0.5, 0.6) is 0 Å². The van der Waals surface area contributed by atoms with Gasteiger partial charge in [0.25, 0.3) is 0 Å². The van der Waals surface area contributed by atoms with Crippen molar-refractivity contribution in [2.75, 3.05) is 11.5 Å². The van der Waals surface area contributed by atoms with E-state index in [0.717, 1.165) is 12.2 Å². The first kappa shape index (κ1) is 13.1. The van der Waals surface area contributed by atoms with Crippen LogP contribution in [0.15, 0.2) is 18.2 Å². The van der Waals surface area contributed by atoms with Crippen molar-refractivity contribution in [3.63, 3.8) is 0 Å². The lowest BCUT2D eigenvalue weighted by molar-refractivity contribution is 0.382. The van der Waals surface area contributed by atoms with Crippen molar-refractivity contribution in [1.29, 1.82) is 0 Å². The van der Waals surface area contributed by atoms with Gasteiger partial charge < -0.3 is 0 Å². The Hall–Kier alpha value is -0.290. The van der Waals surface area contributed by atoms with Gasteiger partial charge in [-0.25, -0.2) is 4.39 Å². The molecule has 0 amide bonds. The summed E-state index contributed by atoms with van der Waals surface area (Å²) in [6, 6.07) is 4.78. The second-order valence-electron chi connectivity index (χ2n) is 4.34. The van der Waals surface area contributed by atoms with Crippen LogP contribution in [0.1, 0.15) is 12.0 Å². The quantitative estimate of drug-likeness (QED) is 0.655. The molecule has 5 heteroatoms. The topological polar surface area (TPSA) is 38.0 Å². The Morgan fingerprint density at radius 3 is 3.06 bits per heavy atom. The van der Waals surface area contributed by atoms with Crippen LogP contribution in [0.2, 0.25) is 5.02 Å². The highest BCUT2D eigenvalue weighted by Crippen LogP contribution is 2.28. The highest BCUT2D eigenvalue weighted by Gasteiger charge is 2.25. The number of benzene rings is 1. The number of halogens is 2. The lowest BCUT2D eigenvalue weighted by atomic mass is 9.93. The van der Waals surface area contributed by atoms with Gasteiger partial charge in [-0.2, -0.15) is 11.8 Å². The predicted octanol–water partition coefficient (Wildman–Crippen LogP) is 2.61. The SMILES string of the molecule is NNC(Cc1cc(Cl)ccc1F)C1CCSC1. The van der Waals surface area contributed by atoms with Crippen LogP contribution in [0.25, 0.3) is 0 Å². The van der Waals surface area contributed by atoms with Gasteiger partial charge in [0.15, 0.2) is 0 Å². The highest BCUT2D eigenvalue weighted by atomic mass is 35.5. The van der Waals surface area contributed by atoms with E-state index in [1.165, 1.54) is 11.8 Å². The van der Waals surface area contributed by atoms with Crippen molar-refractivity contribution in [3.05, 3.63) is 34.6 Å². The van der Waals surface area contributed by atoms with E-state index in [1.54, 1.807) is 12.1 Å². The molecule has 1 aliphatic rings. The summed E-state index contributed by atoms with van der Waals surface area (Å²) in [7, 11) is 0. The molecule has 0 aromatic heterocycles. The summed E-state index contributed by atoms with van der Waals surface area (Å²) in [5.74, 6) is 8.14. The molecular weight excluding hydrogens is 259 g/mol. The van der Waals surface area contributed by atoms with Crippen LogP contribution < -0.4 is 11.3 Å². The fraction of sp³-hybridized carbons (Fsp3) is 0.500. The Kier molecular flexibility index (Phi) is 4.68. The summed E-state index contributed by atoms with van der Waals surface area (Å²) in [4.78, 5) is 0. The van der Waals surface area contributed by atoms with Crippen LogP contribution in [0.4, 0.5) is 4.39 Å². The molecule has 2 atom stereocenters. The molecule has 0 aliphatic carbocycles. The molecule has 1 aromatic rings. The highest BCUT2D eigenvalue weighted by molar-refractivity contribution is 7.99. The fourth-order valence-electron chi connectivity index (χ4n) is 2.17. The summed E-state index contributed by atoms with van der Waals surface area (Å²) in [5, 5.41) is 0.568. The molecule has 1 aliphatic heterocycles. The van der Waals surface area contributed by atoms with Crippen molar-refractivity contribution in [2.45, 2.75) is 18.9 Å². The zero-order valence-corrected chi connectivity index (χ0v) is 11.0. The molecule has 94 valence electrons. The van der Waals surface area contributed by atoms with Crippen molar-refractivity contribution < 1.29 is 4.39 Å². The van der Waals surface area contributed by atoms with E-state index in [1.807, 2.05) is 11.8 Å². The maximum Gasteiger partial charge on any atom is 0.126 e. The Morgan fingerprint density at radius 1 is 1.59 bits per heavy atom. The van der Waals surface area contributed by atoms with Gasteiger partial charge in [-0.1, -0.05) is 11.6 Å². The third-order valence-corrected chi connectivity index (χ3v) is 4.62. The molecule has 2 unspecified atom stereocenters. The Labute approximate surface area is 110 Å². The summed E-state index contributed by atoms with van der Waals surface area (Å²) < 4.78 is 13.6. The monoisotopic (exact) mass is 274 g/mol. The Bertz CT molecular complexity index is 383. The molecule has 1 aromatic carbocycles. The summed E-state index contributed by atoms with van der Waals surface area (Å²) in [5.41, 5.74) is 3.45. The number of nitrogens with two attached hydrogens (primary N) is 1. The standard InChI is InChI=1S/C12H16ClFN2S/c13-10-1-2-11(14)9(5-10)6-12(16-15)8-3-4-17-7-8/h1-2,5,8,12,16H,3-4,6-7,15H2. The van der Waals surface area contributed by atoms with E-state index in [2.05, 4.69) is 5.43 Å². The average molecular weight is 275 g/mol. The van der Waals surface area contributed by atoms with E-state index in [4.69, 9.17) is 17.4 Å². The maximum absolute atomic E-state index is 13.6. The Balaban J connectivity index is 2.09. The minimum Gasteiger partial charge on any atom is -0.271 e. The summed E-state index contributed by atoms with van der Waals surface area (Å²) in [6.07, 6.45) is 1.73. The Morgan fingerprint density at radius 2 is 2.41 bits per heavy atom. The van der Waals surface area contributed by atoms with E-state index in [9.17, 15) is 4.39 Å². The fourth-order valence-corrected chi connectivity index (χ4v) is 3.70. The first-order valence-electron chi connectivity index (χ1n) is 5.68. The molecule has 1 fully saturated rings. The van der Waals surface area contributed by atoms with Crippen molar-refractivity contribution in [2.24, 2.45) is 11.8 Å². The van der Waals surface area contributed by atoms with E-state index < -0.39 is 0 Å². The first-order chi connectivity index (χ1) is 8.20. The number of rotatable bonds is 4. The third-order valence-electron chi connectivity index (χ3n) is 3.20. The number of nitrogens with one attached hydrogen (secondary N) is 1. The van der Waals surface area contributed by atoms with Gasteiger partial charge in [0.05, 0.1) is 0 Å². The van der Waals surface area contributed by atoms with E-state index >= 15 is 0 Å². The molecule has 0 saturated carbocycles. The molecular formula is C12H16ClFN2S. The minimum atomic E-state index is -0.208. The van der Waals surface area contributed by atoms with Gasteiger partial charge in [0.1, 0.15) is 5.82 Å². The van der Waals surface area contributed by atoms with Crippen LogP contribution >= 0.6 is 23.4 Å². The first-order valence-corrected chi connectivity index (χ1v) is 7.21. The molecule has 17 heavy (non-hydrogen) atoms. The second-order valence-corrected chi connectivity index (χ2v) is 5.92. The molecule has 0 spiro atoms. The van der Waals surface area contributed by atoms with E-state index in [0.29, 0.717) is 22.9 Å². The zero-order chi connectivity index (χ0) is 12.3. The zero-order valence-electron chi connectivity index (χ0n) is 9.46. The van der Waals surface area contributed by atoms with Gasteiger partial charge in [-0.15, -0.1) is 0 Å². The number of thioether (sulfide) groups is 1. The number of hydrazine groups is 1. The lowest BCUT2D eigenvalue weighted by Gasteiger charge is -2.22. The summed E-state index contributed by atoms with van der Waals surface area (Å²) in [6.45, 7) is 0. The largest absolute Gasteiger partial charge is 0.271 e. The average Bonchev–Trinajstić information content (AvgIpc) is 2.84. The number of hydrogen-bond acceptors (Lipinski definition) is 3. The molecule has 1 saturated heterocycles. The molecule has 0 radical (unpaired) electrons. The van der Waals surface area contributed by atoms with Crippen LogP contribution in [-0.4, -0.2) is 17.5 Å². The minimum absolute atomic E-state index is 0.123. The van der Waals surface area contributed by atoms with Crippen molar-refractivity contribution >= 4 is 23.4 Å². The van der Waals surface area contributed by atoms with Gasteiger partial charge in [0, 0.05) is 11.1 Å². The van der Waals surface area contributed by atoms with Crippen LogP contribution in [0, 0.1) is 11.7 Å². The predicted molar refractivity (Wildman–Crippen MR) is 71.7 cm³/mol. The van der Waals surface area contributed by atoms with Gasteiger partial charge in [0.2, 0.25) is 0 Å². The third kappa shape index (κ3) is 3.35. The molecule has 1 heterocycles. The molecule has 2 nitrogen and oxygen atoms in total. The van der Waals surface area contributed by atoms with Gasteiger partial charge in [-0.3, -0.25) is 11.3 Å². The van der Waals surface area contributed by atoms with Crippen LogP contribution in [0.3, 0.4) is 0 Å². The van der Waals surface area contributed by atoms with E-state index in [-0.39, 0.29) is 11.9 Å². The van der Waals surface area contributed by atoms with Crippen molar-refractivity contribution in [3.8, 4) is 0 Å². The second kappa shape index (κ2) is 6.05.